The highest BCUT2D eigenvalue weighted by molar-refractivity contribution is 7.10. The number of aromatic nitrogens is 3. The zero-order valence-corrected chi connectivity index (χ0v) is 21.6. The molecule has 0 spiro atoms. The molecule has 0 saturated carbocycles. The molecule has 2 heterocycles. The Balaban J connectivity index is 1.68. The Bertz CT molecular complexity index is 1300. The van der Waals surface area contributed by atoms with Gasteiger partial charge in [-0.3, -0.25) is 9.59 Å². The predicted octanol–water partition coefficient (Wildman–Crippen LogP) is 4.43. The Hall–Kier alpha value is -3.72. The molecule has 1 atom stereocenters. The SMILES string of the molecule is COc1cccc(CN(C(=O)Cn2nnc3ccccc32)C(C(=O)NCCC(C)C)c2cccs2)c1. The van der Waals surface area contributed by atoms with Gasteiger partial charge in [0.25, 0.3) is 0 Å². The fourth-order valence-electron chi connectivity index (χ4n) is 4.00. The van der Waals surface area contributed by atoms with Crippen LogP contribution in [0.3, 0.4) is 0 Å². The lowest BCUT2D eigenvalue weighted by Crippen LogP contribution is -2.44. The van der Waals surface area contributed by atoms with Crippen molar-refractivity contribution in [1.82, 2.24) is 25.2 Å². The monoisotopic (exact) mass is 505 g/mol. The zero-order valence-electron chi connectivity index (χ0n) is 20.8. The van der Waals surface area contributed by atoms with Gasteiger partial charge in [0, 0.05) is 18.0 Å². The Morgan fingerprint density at radius 3 is 2.69 bits per heavy atom. The molecule has 0 radical (unpaired) electrons. The zero-order chi connectivity index (χ0) is 25.5. The van der Waals surface area contributed by atoms with E-state index in [2.05, 4.69) is 29.5 Å². The summed E-state index contributed by atoms with van der Waals surface area (Å²) < 4.78 is 6.96. The lowest BCUT2D eigenvalue weighted by atomic mass is 10.1. The third-order valence-electron chi connectivity index (χ3n) is 5.91. The van der Waals surface area contributed by atoms with Crippen molar-refractivity contribution >= 4 is 34.2 Å². The van der Waals surface area contributed by atoms with E-state index in [1.807, 2.05) is 66.0 Å². The molecule has 2 aromatic heterocycles. The molecule has 4 aromatic rings. The summed E-state index contributed by atoms with van der Waals surface area (Å²) in [5, 5.41) is 13.3. The number of methoxy groups -OCH3 is 1. The van der Waals surface area contributed by atoms with E-state index in [9.17, 15) is 9.59 Å². The number of hydrogen-bond donors (Lipinski definition) is 1. The molecule has 0 aliphatic rings. The molecule has 188 valence electrons. The van der Waals surface area contributed by atoms with Crippen LogP contribution < -0.4 is 10.1 Å². The molecule has 0 bridgehead atoms. The highest BCUT2D eigenvalue weighted by Crippen LogP contribution is 2.29. The van der Waals surface area contributed by atoms with Gasteiger partial charge in [-0.15, -0.1) is 16.4 Å². The molecular formula is C27H31N5O3S. The van der Waals surface area contributed by atoms with Crippen LogP contribution in [0.2, 0.25) is 0 Å². The van der Waals surface area contributed by atoms with Crippen molar-refractivity contribution in [3.8, 4) is 5.75 Å². The average Bonchev–Trinajstić information content (AvgIpc) is 3.54. The summed E-state index contributed by atoms with van der Waals surface area (Å²) in [5.74, 6) is 0.723. The van der Waals surface area contributed by atoms with Crippen molar-refractivity contribution < 1.29 is 14.3 Å². The van der Waals surface area contributed by atoms with Gasteiger partial charge >= 0.3 is 0 Å². The number of rotatable bonds is 11. The van der Waals surface area contributed by atoms with E-state index in [-0.39, 0.29) is 24.9 Å². The van der Waals surface area contributed by atoms with Crippen LogP contribution in [0.1, 0.15) is 36.8 Å². The maximum Gasteiger partial charge on any atom is 0.248 e. The summed E-state index contributed by atoms with van der Waals surface area (Å²) in [6, 6.07) is 18.1. The fraction of sp³-hybridized carbons (Fsp3) is 0.333. The van der Waals surface area contributed by atoms with Gasteiger partial charge < -0.3 is 15.0 Å². The molecule has 8 nitrogen and oxygen atoms in total. The van der Waals surface area contributed by atoms with E-state index in [0.717, 1.165) is 22.4 Å². The summed E-state index contributed by atoms with van der Waals surface area (Å²) >= 11 is 1.46. The van der Waals surface area contributed by atoms with Crippen molar-refractivity contribution in [2.24, 2.45) is 5.92 Å². The summed E-state index contributed by atoms with van der Waals surface area (Å²) in [6.07, 6.45) is 0.859. The van der Waals surface area contributed by atoms with E-state index in [0.29, 0.717) is 23.7 Å². The number of carbonyl (C=O) groups is 2. The fourth-order valence-corrected chi connectivity index (χ4v) is 4.83. The molecule has 1 unspecified atom stereocenters. The third kappa shape index (κ3) is 6.09. The number of ether oxygens (including phenoxy) is 1. The third-order valence-corrected chi connectivity index (χ3v) is 6.83. The quantitative estimate of drug-likeness (QED) is 0.326. The van der Waals surface area contributed by atoms with Gasteiger partial charge in [-0.05, 0) is 53.6 Å². The molecule has 1 N–H and O–H groups in total. The summed E-state index contributed by atoms with van der Waals surface area (Å²) in [6.45, 7) is 4.98. The van der Waals surface area contributed by atoms with Crippen LogP contribution in [0, 0.1) is 5.92 Å². The summed E-state index contributed by atoms with van der Waals surface area (Å²) in [5.41, 5.74) is 2.34. The van der Waals surface area contributed by atoms with Crippen LogP contribution in [0.25, 0.3) is 11.0 Å². The number of hydrogen-bond acceptors (Lipinski definition) is 6. The molecule has 36 heavy (non-hydrogen) atoms. The number of carbonyl (C=O) groups excluding carboxylic acids is 2. The number of amides is 2. The molecule has 9 heteroatoms. The molecule has 0 aliphatic heterocycles. The Labute approximate surface area is 214 Å². The van der Waals surface area contributed by atoms with Crippen LogP contribution in [-0.4, -0.2) is 45.4 Å². The van der Waals surface area contributed by atoms with Crippen molar-refractivity contribution in [1.29, 1.82) is 0 Å². The second-order valence-corrected chi connectivity index (χ2v) is 9.98. The van der Waals surface area contributed by atoms with Gasteiger partial charge in [-0.2, -0.15) is 0 Å². The van der Waals surface area contributed by atoms with Crippen molar-refractivity contribution in [3.63, 3.8) is 0 Å². The number of para-hydroxylation sites is 1. The van der Waals surface area contributed by atoms with Gasteiger partial charge in [-0.1, -0.05) is 49.4 Å². The second kappa shape index (κ2) is 11.8. The van der Waals surface area contributed by atoms with E-state index in [1.165, 1.54) is 11.3 Å². The lowest BCUT2D eigenvalue weighted by molar-refractivity contribution is -0.142. The highest BCUT2D eigenvalue weighted by atomic mass is 32.1. The van der Waals surface area contributed by atoms with E-state index in [1.54, 1.807) is 16.7 Å². The predicted molar refractivity (Wildman–Crippen MR) is 141 cm³/mol. The number of benzene rings is 2. The Kier molecular flexibility index (Phi) is 8.32. The maximum atomic E-state index is 13.9. The van der Waals surface area contributed by atoms with Crippen LogP contribution in [0.5, 0.6) is 5.75 Å². The van der Waals surface area contributed by atoms with Gasteiger partial charge in [-0.25, -0.2) is 4.68 Å². The van der Waals surface area contributed by atoms with Gasteiger partial charge in [0.2, 0.25) is 11.8 Å². The summed E-state index contributed by atoms with van der Waals surface area (Å²) in [7, 11) is 1.61. The van der Waals surface area contributed by atoms with E-state index in [4.69, 9.17) is 4.74 Å². The summed E-state index contributed by atoms with van der Waals surface area (Å²) in [4.78, 5) is 29.8. The minimum atomic E-state index is -0.773. The van der Waals surface area contributed by atoms with Crippen molar-refractivity contribution in [2.75, 3.05) is 13.7 Å². The van der Waals surface area contributed by atoms with E-state index >= 15 is 0 Å². The van der Waals surface area contributed by atoms with Gasteiger partial charge in [0.1, 0.15) is 23.9 Å². The van der Waals surface area contributed by atoms with Gasteiger partial charge in [0.15, 0.2) is 0 Å². The van der Waals surface area contributed by atoms with Crippen LogP contribution in [-0.2, 0) is 22.7 Å². The molecule has 2 amide bonds. The topological polar surface area (TPSA) is 89.3 Å². The van der Waals surface area contributed by atoms with Gasteiger partial charge in [0.05, 0.1) is 12.6 Å². The molecular weight excluding hydrogens is 474 g/mol. The van der Waals surface area contributed by atoms with Crippen molar-refractivity contribution in [3.05, 3.63) is 76.5 Å². The molecule has 2 aromatic carbocycles. The number of fused-ring (bicyclic) bond motifs is 1. The minimum absolute atomic E-state index is 0.0361. The largest absolute Gasteiger partial charge is 0.497 e. The van der Waals surface area contributed by atoms with Crippen molar-refractivity contribution in [2.45, 2.75) is 39.4 Å². The maximum absolute atomic E-state index is 13.9. The number of nitrogens with zero attached hydrogens (tertiary/aromatic N) is 4. The van der Waals surface area contributed by atoms with Crippen LogP contribution in [0.15, 0.2) is 66.0 Å². The van der Waals surface area contributed by atoms with Crippen LogP contribution in [0.4, 0.5) is 0 Å². The normalized spacial score (nSPS) is 12.0. The second-order valence-electron chi connectivity index (χ2n) is 9.00. The molecule has 0 fully saturated rings. The standard InChI is InChI=1S/C27H31N5O3S/c1-19(2)13-14-28-27(34)26(24-12-7-15-36-24)31(17-20-8-6-9-21(16-20)35-3)25(33)18-32-23-11-5-4-10-22(23)29-30-32/h4-12,15-16,19,26H,13-14,17-18H2,1-3H3,(H,28,34). The highest BCUT2D eigenvalue weighted by Gasteiger charge is 2.32. The minimum Gasteiger partial charge on any atom is -0.497 e. The number of thiophene rings is 1. The first-order valence-corrected chi connectivity index (χ1v) is 12.9. The van der Waals surface area contributed by atoms with Crippen LogP contribution >= 0.6 is 11.3 Å². The smallest absolute Gasteiger partial charge is 0.248 e. The lowest BCUT2D eigenvalue weighted by Gasteiger charge is -2.31. The first-order chi connectivity index (χ1) is 17.5. The Morgan fingerprint density at radius 2 is 1.94 bits per heavy atom. The molecule has 0 aliphatic carbocycles. The van der Waals surface area contributed by atoms with E-state index < -0.39 is 6.04 Å². The molecule has 4 rings (SSSR count). The average molecular weight is 506 g/mol. The Morgan fingerprint density at radius 1 is 1.11 bits per heavy atom. The molecule has 0 saturated heterocycles. The number of nitrogens with one attached hydrogen (secondary N) is 1. The first-order valence-electron chi connectivity index (χ1n) is 12.0. The first kappa shape index (κ1) is 25.4.